The lowest BCUT2D eigenvalue weighted by Crippen LogP contribution is -2.53. The highest BCUT2D eigenvalue weighted by Gasteiger charge is 2.38. The third kappa shape index (κ3) is 2.96. The van der Waals surface area contributed by atoms with Crippen molar-refractivity contribution in [3.05, 3.63) is 0 Å². The Morgan fingerprint density at radius 2 is 2.10 bits per heavy atom. The molecule has 3 aliphatic heterocycles. The number of likely N-dealkylation sites (tertiary alicyclic amines) is 1. The van der Waals surface area contributed by atoms with Crippen LogP contribution in [0.25, 0.3) is 0 Å². The standard InChI is InChI=1S/C14H21N3O4/c18-12-3-1-5-15(12)6-2-4-13(19)16-7-8-17-11(9-16)10-21-14(17)20/h11H,1-10H2. The molecule has 7 heteroatoms. The van der Waals surface area contributed by atoms with Crippen LogP contribution in [-0.4, -0.2) is 78.0 Å². The molecule has 0 N–H and O–H groups in total. The summed E-state index contributed by atoms with van der Waals surface area (Å²) in [5, 5.41) is 0. The molecule has 3 heterocycles. The van der Waals surface area contributed by atoms with Crippen molar-refractivity contribution >= 4 is 17.9 Å². The average Bonchev–Trinajstić information content (AvgIpc) is 3.05. The predicted octanol–water partition coefficient (Wildman–Crippen LogP) is 0.0520. The molecule has 3 saturated heterocycles. The number of amides is 3. The van der Waals surface area contributed by atoms with E-state index in [1.165, 1.54) is 0 Å². The Balaban J connectivity index is 1.41. The summed E-state index contributed by atoms with van der Waals surface area (Å²) in [5.41, 5.74) is 0. The van der Waals surface area contributed by atoms with Crippen molar-refractivity contribution in [3.63, 3.8) is 0 Å². The summed E-state index contributed by atoms with van der Waals surface area (Å²) >= 11 is 0. The zero-order valence-corrected chi connectivity index (χ0v) is 12.1. The molecular weight excluding hydrogens is 274 g/mol. The molecule has 0 aromatic rings. The van der Waals surface area contributed by atoms with Crippen LogP contribution in [0.4, 0.5) is 4.79 Å². The van der Waals surface area contributed by atoms with Crippen LogP contribution in [-0.2, 0) is 14.3 Å². The first-order chi connectivity index (χ1) is 10.1. The second kappa shape index (κ2) is 5.91. The van der Waals surface area contributed by atoms with Gasteiger partial charge in [-0.25, -0.2) is 4.79 Å². The van der Waals surface area contributed by atoms with Gasteiger partial charge in [0.15, 0.2) is 0 Å². The van der Waals surface area contributed by atoms with E-state index in [0.29, 0.717) is 52.0 Å². The third-order valence-electron chi connectivity index (χ3n) is 4.46. The number of hydrogen-bond donors (Lipinski definition) is 0. The van der Waals surface area contributed by atoms with E-state index in [0.717, 1.165) is 13.0 Å². The van der Waals surface area contributed by atoms with E-state index in [2.05, 4.69) is 0 Å². The lowest BCUT2D eigenvalue weighted by molar-refractivity contribution is -0.134. The minimum atomic E-state index is -0.264. The highest BCUT2D eigenvalue weighted by Crippen LogP contribution is 2.18. The van der Waals surface area contributed by atoms with Crippen LogP contribution in [0.1, 0.15) is 25.7 Å². The van der Waals surface area contributed by atoms with Gasteiger partial charge in [-0.1, -0.05) is 0 Å². The largest absolute Gasteiger partial charge is 0.447 e. The molecule has 3 aliphatic rings. The molecule has 3 rings (SSSR count). The van der Waals surface area contributed by atoms with Gasteiger partial charge in [0.25, 0.3) is 0 Å². The van der Waals surface area contributed by atoms with E-state index < -0.39 is 0 Å². The van der Waals surface area contributed by atoms with Crippen molar-refractivity contribution < 1.29 is 19.1 Å². The van der Waals surface area contributed by atoms with E-state index in [-0.39, 0.29) is 23.9 Å². The van der Waals surface area contributed by atoms with Crippen LogP contribution >= 0.6 is 0 Å². The minimum Gasteiger partial charge on any atom is -0.447 e. The smallest absolute Gasteiger partial charge is 0.410 e. The van der Waals surface area contributed by atoms with Crippen LogP contribution in [0, 0.1) is 0 Å². The fourth-order valence-electron chi connectivity index (χ4n) is 3.23. The first-order valence-electron chi connectivity index (χ1n) is 7.64. The SMILES string of the molecule is O=C1CCCN1CCCC(=O)N1CCN2C(=O)OCC2C1. The second-order valence-electron chi connectivity index (χ2n) is 5.85. The molecule has 1 unspecified atom stereocenters. The summed E-state index contributed by atoms with van der Waals surface area (Å²) in [7, 11) is 0. The summed E-state index contributed by atoms with van der Waals surface area (Å²) in [6.45, 7) is 3.58. The predicted molar refractivity (Wildman–Crippen MR) is 73.5 cm³/mol. The third-order valence-corrected chi connectivity index (χ3v) is 4.46. The summed E-state index contributed by atoms with van der Waals surface area (Å²) < 4.78 is 4.99. The number of carbonyl (C=O) groups excluding carboxylic acids is 3. The highest BCUT2D eigenvalue weighted by atomic mass is 16.6. The molecule has 3 fully saturated rings. The molecule has 0 spiro atoms. The Kier molecular flexibility index (Phi) is 3.98. The van der Waals surface area contributed by atoms with Crippen molar-refractivity contribution in [1.29, 1.82) is 0 Å². The average molecular weight is 295 g/mol. The van der Waals surface area contributed by atoms with Crippen LogP contribution in [0.5, 0.6) is 0 Å². The van der Waals surface area contributed by atoms with Gasteiger partial charge in [-0.3, -0.25) is 14.5 Å². The fraction of sp³-hybridized carbons (Fsp3) is 0.786. The van der Waals surface area contributed by atoms with E-state index in [9.17, 15) is 14.4 Å². The van der Waals surface area contributed by atoms with Crippen molar-refractivity contribution in [1.82, 2.24) is 14.7 Å². The molecule has 0 radical (unpaired) electrons. The summed E-state index contributed by atoms with van der Waals surface area (Å²) in [5.74, 6) is 0.318. The normalized spacial score (nSPS) is 25.3. The van der Waals surface area contributed by atoms with Gasteiger partial charge < -0.3 is 14.5 Å². The molecule has 3 amide bonds. The summed E-state index contributed by atoms with van der Waals surface area (Å²) in [6.07, 6.45) is 2.49. The molecule has 0 bridgehead atoms. The molecule has 21 heavy (non-hydrogen) atoms. The first-order valence-corrected chi connectivity index (χ1v) is 7.64. The minimum absolute atomic E-state index is 0.00959. The number of cyclic esters (lactones) is 1. The summed E-state index contributed by atoms with van der Waals surface area (Å²) in [6, 6.07) is 0.00959. The van der Waals surface area contributed by atoms with Crippen LogP contribution in [0.2, 0.25) is 0 Å². The number of rotatable bonds is 4. The number of hydrogen-bond acceptors (Lipinski definition) is 4. The molecule has 1 atom stereocenters. The highest BCUT2D eigenvalue weighted by molar-refractivity contribution is 5.79. The van der Waals surface area contributed by atoms with E-state index in [4.69, 9.17) is 4.74 Å². The monoisotopic (exact) mass is 295 g/mol. The number of piperazine rings is 1. The maximum Gasteiger partial charge on any atom is 0.410 e. The molecule has 116 valence electrons. The molecule has 0 aromatic carbocycles. The maximum atomic E-state index is 12.2. The van der Waals surface area contributed by atoms with Gasteiger partial charge in [0, 0.05) is 45.6 Å². The first kappa shape index (κ1) is 14.2. The van der Waals surface area contributed by atoms with Crippen LogP contribution < -0.4 is 0 Å². The van der Waals surface area contributed by atoms with Gasteiger partial charge in [-0.05, 0) is 12.8 Å². The number of fused-ring (bicyclic) bond motifs is 1. The Morgan fingerprint density at radius 3 is 2.86 bits per heavy atom. The van der Waals surface area contributed by atoms with Gasteiger partial charge in [0.1, 0.15) is 6.61 Å². The van der Waals surface area contributed by atoms with Crippen LogP contribution in [0.3, 0.4) is 0 Å². The molecule has 7 nitrogen and oxygen atoms in total. The molecule has 0 saturated carbocycles. The second-order valence-corrected chi connectivity index (χ2v) is 5.85. The van der Waals surface area contributed by atoms with Crippen molar-refractivity contribution in [2.75, 3.05) is 39.3 Å². The van der Waals surface area contributed by atoms with Gasteiger partial charge in [-0.2, -0.15) is 0 Å². The molecule has 0 aliphatic carbocycles. The van der Waals surface area contributed by atoms with Gasteiger partial charge in [0.05, 0.1) is 6.04 Å². The van der Waals surface area contributed by atoms with Gasteiger partial charge in [0.2, 0.25) is 11.8 Å². The van der Waals surface area contributed by atoms with Crippen molar-refractivity contribution in [2.45, 2.75) is 31.7 Å². The van der Waals surface area contributed by atoms with Gasteiger partial charge >= 0.3 is 6.09 Å². The zero-order chi connectivity index (χ0) is 14.8. The lowest BCUT2D eigenvalue weighted by atomic mass is 10.1. The number of ether oxygens (including phenoxy) is 1. The molecular formula is C14H21N3O4. The Morgan fingerprint density at radius 1 is 1.24 bits per heavy atom. The fourth-order valence-corrected chi connectivity index (χ4v) is 3.23. The zero-order valence-electron chi connectivity index (χ0n) is 12.1. The van der Waals surface area contributed by atoms with Gasteiger partial charge in [-0.15, -0.1) is 0 Å². The number of nitrogens with zero attached hydrogens (tertiary/aromatic N) is 3. The Labute approximate surface area is 123 Å². The quantitative estimate of drug-likeness (QED) is 0.735. The molecule has 0 aromatic heterocycles. The van der Waals surface area contributed by atoms with Crippen molar-refractivity contribution in [3.8, 4) is 0 Å². The van der Waals surface area contributed by atoms with E-state index in [1.807, 2.05) is 9.80 Å². The summed E-state index contributed by atoms with van der Waals surface area (Å²) in [4.78, 5) is 40.4. The Hall–Kier alpha value is -1.79. The van der Waals surface area contributed by atoms with Crippen molar-refractivity contribution in [2.24, 2.45) is 0 Å². The maximum absolute atomic E-state index is 12.2. The lowest BCUT2D eigenvalue weighted by Gasteiger charge is -2.35. The Bertz CT molecular complexity index is 454. The number of carbonyl (C=O) groups is 3. The van der Waals surface area contributed by atoms with Crippen LogP contribution in [0.15, 0.2) is 0 Å². The topological polar surface area (TPSA) is 70.2 Å². The van der Waals surface area contributed by atoms with E-state index in [1.54, 1.807) is 4.90 Å². The van der Waals surface area contributed by atoms with E-state index >= 15 is 0 Å².